The number of nitrogens with zero attached hydrogens (tertiary/aromatic N) is 2. The summed E-state index contributed by atoms with van der Waals surface area (Å²) in [6.45, 7) is 12.6. The van der Waals surface area contributed by atoms with Gasteiger partial charge in [0.1, 0.15) is 0 Å². The number of hydrogen-bond acceptors (Lipinski definition) is 3. The molecule has 0 spiro atoms. The number of halogens is 1. The Balaban J connectivity index is 0.00000200. The summed E-state index contributed by atoms with van der Waals surface area (Å²) >= 11 is 0. The molecule has 1 amide bonds. The molecule has 0 radical (unpaired) electrons. The van der Waals surface area contributed by atoms with Crippen molar-refractivity contribution in [1.82, 2.24) is 15.1 Å². The van der Waals surface area contributed by atoms with E-state index in [-0.39, 0.29) is 18.4 Å². The van der Waals surface area contributed by atoms with Crippen LogP contribution in [0.25, 0.3) is 0 Å². The van der Waals surface area contributed by atoms with Gasteiger partial charge in [-0.2, -0.15) is 0 Å². The first-order valence-corrected chi connectivity index (χ1v) is 7.81. The lowest BCUT2D eigenvalue weighted by Crippen LogP contribution is -2.57. The topological polar surface area (TPSA) is 35.6 Å². The predicted octanol–water partition coefficient (Wildman–Crippen LogP) is 1.60. The molecule has 5 heteroatoms. The van der Waals surface area contributed by atoms with Crippen molar-refractivity contribution in [2.24, 2.45) is 11.8 Å². The van der Waals surface area contributed by atoms with Crippen molar-refractivity contribution in [1.29, 1.82) is 0 Å². The van der Waals surface area contributed by atoms with E-state index in [0.29, 0.717) is 11.8 Å². The van der Waals surface area contributed by atoms with Gasteiger partial charge in [-0.3, -0.25) is 9.69 Å². The maximum atomic E-state index is 12.4. The quantitative estimate of drug-likeness (QED) is 0.857. The number of piperazine rings is 1. The molecule has 0 saturated carbocycles. The third-order valence-electron chi connectivity index (χ3n) is 4.35. The van der Waals surface area contributed by atoms with E-state index in [4.69, 9.17) is 0 Å². The zero-order valence-corrected chi connectivity index (χ0v) is 13.9. The van der Waals surface area contributed by atoms with E-state index in [2.05, 4.69) is 31.0 Å². The second-order valence-corrected chi connectivity index (χ2v) is 6.56. The summed E-state index contributed by atoms with van der Waals surface area (Å²) in [6, 6.07) is 0.0643. The van der Waals surface area contributed by atoms with Crippen molar-refractivity contribution in [3.63, 3.8) is 0 Å². The minimum Gasteiger partial charge on any atom is -0.340 e. The van der Waals surface area contributed by atoms with Crippen LogP contribution >= 0.6 is 12.4 Å². The van der Waals surface area contributed by atoms with Gasteiger partial charge in [-0.25, -0.2) is 0 Å². The second-order valence-electron chi connectivity index (χ2n) is 6.56. The van der Waals surface area contributed by atoms with Crippen LogP contribution in [0.2, 0.25) is 0 Å². The zero-order valence-electron chi connectivity index (χ0n) is 13.1. The highest BCUT2D eigenvalue weighted by atomic mass is 35.5. The Morgan fingerprint density at radius 2 is 2.10 bits per heavy atom. The first kappa shape index (κ1) is 17.7. The summed E-state index contributed by atoms with van der Waals surface area (Å²) < 4.78 is 0. The highest BCUT2D eigenvalue weighted by Gasteiger charge is 2.32. The predicted molar refractivity (Wildman–Crippen MR) is 85.3 cm³/mol. The standard InChI is InChI=1S/C15H29N3O.ClH/c1-12(2)10-18-8-7-17(13(3)15(18)19)11-14-5-4-6-16-9-14;/h12-14,16H,4-11H2,1-3H3;1H. The zero-order chi connectivity index (χ0) is 13.8. The number of piperidine rings is 1. The second kappa shape index (κ2) is 8.20. The van der Waals surface area contributed by atoms with Gasteiger partial charge >= 0.3 is 0 Å². The van der Waals surface area contributed by atoms with Gasteiger partial charge in [-0.1, -0.05) is 13.8 Å². The number of hydrogen-bond donors (Lipinski definition) is 1. The lowest BCUT2D eigenvalue weighted by molar-refractivity contribution is -0.142. The largest absolute Gasteiger partial charge is 0.340 e. The van der Waals surface area contributed by atoms with E-state index < -0.39 is 0 Å². The third-order valence-corrected chi connectivity index (χ3v) is 4.35. The summed E-state index contributed by atoms with van der Waals surface area (Å²) in [5, 5.41) is 3.46. The van der Waals surface area contributed by atoms with Crippen molar-refractivity contribution in [3.8, 4) is 0 Å². The molecule has 0 aromatic rings. The van der Waals surface area contributed by atoms with Gasteiger partial charge < -0.3 is 10.2 Å². The Morgan fingerprint density at radius 3 is 2.70 bits per heavy atom. The molecule has 2 atom stereocenters. The molecule has 2 fully saturated rings. The molecule has 2 aliphatic rings. The Morgan fingerprint density at radius 1 is 1.35 bits per heavy atom. The fourth-order valence-corrected chi connectivity index (χ4v) is 3.26. The van der Waals surface area contributed by atoms with Gasteiger partial charge in [0.05, 0.1) is 6.04 Å². The maximum Gasteiger partial charge on any atom is 0.239 e. The average molecular weight is 304 g/mol. The Bertz CT molecular complexity index is 305. The van der Waals surface area contributed by atoms with E-state index in [0.717, 1.165) is 45.2 Å². The lowest BCUT2D eigenvalue weighted by atomic mass is 9.97. The van der Waals surface area contributed by atoms with Crippen LogP contribution in [0, 0.1) is 11.8 Å². The number of nitrogens with one attached hydrogen (secondary N) is 1. The Labute approximate surface area is 129 Å². The SMILES string of the molecule is CC(C)CN1CCN(CC2CCCNC2)C(C)C1=O.Cl. The molecule has 20 heavy (non-hydrogen) atoms. The van der Waals surface area contributed by atoms with Crippen molar-refractivity contribution < 1.29 is 4.79 Å². The van der Waals surface area contributed by atoms with Crippen LogP contribution in [0.3, 0.4) is 0 Å². The number of amides is 1. The van der Waals surface area contributed by atoms with E-state index in [1.165, 1.54) is 12.8 Å². The Hall–Kier alpha value is -0.320. The average Bonchev–Trinajstić information content (AvgIpc) is 2.39. The molecule has 2 aliphatic heterocycles. The number of carbonyl (C=O) groups excluding carboxylic acids is 1. The summed E-state index contributed by atoms with van der Waals surface area (Å²) in [5.74, 6) is 1.61. The molecule has 1 N–H and O–H groups in total. The van der Waals surface area contributed by atoms with E-state index in [9.17, 15) is 4.79 Å². The fraction of sp³-hybridized carbons (Fsp3) is 0.933. The molecule has 0 aromatic heterocycles. The van der Waals surface area contributed by atoms with Crippen LogP contribution in [-0.4, -0.2) is 61.0 Å². The normalized spacial score (nSPS) is 28.6. The van der Waals surface area contributed by atoms with Gasteiger partial charge in [0.2, 0.25) is 5.91 Å². The van der Waals surface area contributed by atoms with Gasteiger partial charge in [0, 0.05) is 26.2 Å². The molecule has 0 aromatic carbocycles. The van der Waals surface area contributed by atoms with Crippen molar-refractivity contribution >= 4 is 18.3 Å². The summed E-state index contributed by atoms with van der Waals surface area (Å²) in [5.41, 5.74) is 0. The fourth-order valence-electron chi connectivity index (χ4n) is 3.26. The summed E-state index contributed by atoms with van der Waals surface area (Å²) in [7, 11) is 0. The lowest BCUT2D eigenvalue weighted by Gasteiger charge is -2.41. The smallest absolute Gasteiger partial charge is 0.239 e. The van der Waals surface area contributed by atoms with Crippen LogP contribution in [0.4, 0.5) is 0 Å². The minimum atomic E-state index is 0. The number of rotatable bonds is 4. The minimum absolute atomic E-state index is 0. The molecule has 2 heterocycles. The van der Waals surface area contributed by atoms with E-state index in [1.54, 1.807) is 0 Å². The molecule has 4 nitrogen and oxygen atoms in total. The van der Waals surface area contributed by atoms with Gasteiger partial charge in [0.25, 0.3) is 0 Å². The van der Waals surface area contributed by atoms with Gasteiger partial charge in [-0.15, -0.1) is 12.4 Å². The van der Waals surface area contributed by atoms with E-state index in [1.807, 2.05) is 4.90 Å². The van der Waals surface area contributed by atoms with Crippen molar-refractivity contribution in [3.05, 3.63) is 0 Å². The first-order chi connectivity index (χ1) is 9.08. The third kappa shape index (κ3) is 4.61. The maximum absolute atomic E-state index is 12.4. The molecular formula is C15H30ClN3O. The monoisotopic (exact) mass is 303 g/mol. The van der Waals surface area contributed by atoms with E-state index >= 15 is 0 Å². The van der Waals surface area contributed by atoms with Crippen LogP contribution in [-0.2, 0) is 4.79 Å². The molecule has 2 saturated heterocycles. The molecule has 0 aliphatic carbocycles. The summed E-state index contributed by atoms with van der Waals surface area (Å²) in [4.78, 5) is 16.8. The molecule has 2 rings (SSSR count). The van der Waals surface area contributed by atoms with Gasteiger partial charge in [-0.05, 0) is 44.7 Å². The van der Waals surface area contributed by atoms with Gasteiger partial charge in [0.15, 0.2) is 0 Å². The first-order valence-electron chi connectivity index (χ1n) is 7.81. The number of carbonyl (C=O) groups is 1. The van der Waals surface area contributed by atoms with Crippen LogP contribution in [0.15, 0.2) is 0 Å². The van der Waals surface area contributed by atoms with Crippen LogP contribution < -0.4 is 5.32 Å². The molecule has 0 bridgehead atoms. The molecule has 118 valence electrons. The van der Waals surface area contributed by atoms with Crippen molar-refractivity contribution in [2.45, 2.75) is 39.7 Å². The molecular weight excluding hydrogens is 274 g/mol. The van der Waals surface area contributed by atoms with Crippen molar-refractivity contribution in [2.75, 3.05) is 39.3 Å². The highest BCUT2D eigenvalue weighted by molar-refractivity contribution is 5.85. The Kier molecular flexibility index (Phi) is 7.27. The van der Waals surface area contributed by atoms with Crippen LogP contribution in [0.1, 0.15) is 33.6 Å². The van der Waals surface area contributed by atoms with Crippen LogP contribution in [0.5, 0.6) is 0 Å². The summed E-state index contributed by atoms with van der Waals surface area (Å²) in [6.07, 6.45) is 2.58. The highest BCUT2D eigenvalue weighted by Crippen LogP contribution is 2.18. The molecule has 2 unspecified atom stereocenters.